The highest BCUT2D eigenvalue weighted by Gasteiger charge is 2.25. The van der Waals surface area contributed by atoms with Gasteiger partial charge in [0.15, 0.2) is 0 Å². The topological polar surface area (TPSA) is 45.9 Å². The van der Waals surface area contributed by atoms with Crippen molar-refractivity contribution in [1.29, 1.82) is 5.26 Å². The Labute approximate surface area is 152 Å². The van der Waals surface area contributed by atoms with Gasteiger partial charge in [-0.3, -0.25) is 0 Å². The molecule has 3 nitrogen and oxygen atoms in total. The minimum absolute atomic E-state index is 0.0618. The largest absolute Gasteiger partial charge is 0.481 e. The van der Waals surface area contributed by atoms with E-state index in [0.29, 0.717) is 16.7 Å². The highest BCUT2D eigenvalue weighted by molar-refractivity contribution is 6.56. The van der Waals surface area contributed by atoms with Gasteiger partial charge in [-0.15, -0.1) is 0 Å². The molecule has 0 aliphatic rings. The first-order valence-electron chi connectivity index (χ1n) is 5.84. The maximum Gasteiger partial charge on any atom is 0.221 e. The number of hydrogen-bond acceptors (Lipinski definition) is 3. The average Bonchev–Trinajstić information content (AvgIpc) is 2.52. The number of aromatic nitrogens is 1. The van der Waals surface area contributed by atoms with E-state index < -0.39 is 0 Å². The van der Waals surface area contributed by atoms with Crippen molar-refractivity contribution in [2.24, 2.45) is 0 Å². The number of nitriles is 1. The molecule has 1 aromatic heterocycles. The van der Waals surface area contributed by atoms with E-state index in [9.17, 15) is 0 Å². The molecule has 1 heterocycles. The standard InChI is InChI=1S/C14H7Cl5N2O/c1-22-14-7(6(2-4-20)3-5-21-14)8-9(15)11(17)13(19)12(18)10(8)16/h3,5H,2H2,1H3. The van der Waals surface area contributed by atoms with E-state index in [0.717, 1.165) is 0 Å². The van der Waals surface area contributed by atoms with Crippen LogP contribution in [0.1, 0.15) is 5.56 Å². The summed E-state index contributed by atoms with van der Waals surface area (Å²) in [6, 6.07) is 3.73. The summed E-state index contributed by atoms with van der Waals surface area (Å²) >= 11 is 30.8. The van der Waals surface area contributed by atoms with Crippen molar-refractivity contribution < 1.29 is 4.74 Å². The SMILES string of the molecule is COc1nccc(CC#N)c1-c1c(Cl)c(Cl)c(Cl)c(Cl)c1Cl. The van der Waals surface area contributed by atoms with Crippen LogP contribution in [-0.4, -0.2) is 12.1 Å². The Morgan fingerprint density at radius 3 is 2.05 bits per heavy atom. The molecule has 114 valence electrons. The number of nitrogens with zero attached hydrogens (tertiary/aromatic N) is 2. The third-order valence-corrected chi connectivity index (χ3v) is 5.20. The summed E-state index contributed by atoms with van der Waals surface area (Å²) in [6.45, 7) is 0. The zero-order chi connectivity index (χ0) is 16.4. The second-order valence-electron chi connectivity index (χ2n) is 4.13. The van der Waals surface area contributed by atoms with Crippen LogP contribution in [0.4, 0.5) is 0 Å². The molecule has 2 rings (SSSR count). The summed E-state index contributed by atoms with van der Waals surface area (Å²) in [7, 11) is 1.45. The molecule has 0 saturated heterocycles. The molecule has 1 aromatic carbocycles. The van der Waals surface area contributed by atoms with E-state index in [1.807, 2.05) is 0 Å². The number of ether oxygens (including phenoxy) is 1. The summed E-state index contributed by atoms with van der Waals surface area (Å²) in [4.78, 5) is 4.11. The second-order valence-corrected chi connectivity index (χ2v) is 6.02. The molecule has 0 aliphatic heterocycles. The Kier molecular flexibility index (Phi) is 5.65. The molecule has 0 amide bonds. The first kappa shape index (κ1) is 17.5. The lowest BCUT2D eigenvalue weighted by Crippen LogP contribution is -1.98. The summed E-state index contributed by atoms with van der Waals surface area (Å²) in [5.74, 6) is 0.256. The van der Waals surface area contributed by atoms with E-state index in [4.69, 9.17) is 68.0 Å². The van der Waals surface area contributed by atoms with E-state index in [1.165, 1.54) is 13.3 Å². The van der Waals surface area contributed by atoms with Gasteiger partial charge in [0.05, 0.1) is 50.3 Å². The van der Waals surface area contributed by atoms with Gasteiger partial charge in [0, 0.05) is 11.8 Å². The maximum atomic E-state index is 9.00. The summed E-state index contributed by atoms with van der Waals surface area (Å²) in [5.41, 5.74) is 1.42. The highest BCUT2D eigenvalue weighted by Crippen LogP contribution is 2.50. The molecular formula is C14H7Cl5N2O. The van der Waals surface area contributed by atoms with Crippen molar-refractivity contribution in [2.75, 3.05) is 7.11 Å². The number of methoxy groups -OCH3 is 1. The first-order valence-corrected chi connectivity index (χ1v) is 7.73. The van der Waals surface area contributed by atoms with E-state index >= 15 is 0 Å². The Hall–Kier alpha value is -0.890. The second kappa shape index (κ2) is 7.12. The number of halogens is 5. The smallest absolute Gasteiger partial charge is 0.221 e. The Morgan fingerprint density at radius 2 is 1.55 bits per heavy atom. The lowest BCUT2D eigenvalue weighted by Gasteiger charge is -2.17. The molecule has 0 spiro atoms. The molecule has 0 fully saturated rings. The molecule has 0 aliphatic carbocycles. The van der Waals surface area contributed by atoms with Gasteiger partial charge < -0.3 is 4.74 Å². The quantitative estimate of drug-likeness (QED) is 0.466. The van der Waals surface area contributed by atoms with E-state index in [-0.39, 0.29) is 37.4 Å². The van der Waals surface area contributed by atoms with E-state index in [2.05, 4.69) is 11.1 Å². The monoisotopic (exact) mass is 394 g/mol. The van der Waals surface area contributed by atoms with Gasteiger partial charge in [0.1, 0.15) is 0 Å². The van der Waals surface area contributed by atoms with Crippen molar-refractivity contribution in [3.8, 4) is 23.1 Å². The molecule has 0 unspecified atom stereocenters. The van der Waals surface area contributed by atoms with Crippen molar-refractivity contribution in [3.63, 3.8) is 0 Å². The summed E-state index contributed by atoms with van der Waals surface area (Å²) in [6.07, 6.45) is 1.63. The molecule has 0 saturated carbocycles. The van der Waals surface area contributed by atoms with E-state index in [1.54, 1.807) is 6.07 Å². The van der Waals surface area contributed by atoms with Crippen LogP contribution in [0.15, 0.2) is 12.3 Å². The van der Waals surface area contributed by atoms with Crippen LogP contribution in [0.2, 0.25) is 25.1 Å². The number of hydrogen-bond donors (Lipinski definition) is 0. The minimum atomic E-state index is 0.0618. The van der Waals surface area contributed by atoms with Crippen LogP contribution in [-0.2, 0) is 6.42 Å². The molecule has 0 bridgehead atoms. The number of pyridine rings is 1. The van der Waals surface area contributed by atoms with Gasteiger partial charge in [0.25, 0.3) is 0 Å². The maximum absolute atomic E-state index is 9.00. The predicted octanol–water partition coefficient (Wildman–Crippen LogP) is 6.09. The van der Waals surface area contributed by atoms with Gasteiger partial charge >= 0.3 is 0 Å². The Balaban J connectivity index is 2.92. The average molecular weight is 396 g/mol. The Bertz CT molecular complexity index is 757. The Morgan fingerprint density at radius 1 is 1.00 bits per heavy atom. The van der Waals surface area contributed by atoms with Crippen molar-refractivity contribution in [3.05, 3.63) is 42.9 Å². The fourth-order valence-corrected chi connectivity index (χ4v) is 3.29. The normalized spacial score (nSPS) is 10.4. The molecule has 22 heavy (non-hydrogen) atoms. The fourth-order valence-electron chi connectivity index (χ4n) is 1.96. The van der Waals surface area contributed by atoms with Crippen LogP contribution >= 0.6 is 58.0 Å². The van der Waals surface area contributed by atoms with Gasteiger partial charge in [-0.1, -0.05) is 58.0 Å². The minimum Gasteiger partial charge on any atom is -0.481 e. The third-order valence-electron chi connectivity index (χ3n) is 2.93. The van der Waals surface area contributed by atoms with Crippen LogP contribution < -0.4 is 4.74 Å². The molecule has 0 N–H and O–H groups in total. The van der Waals surface area contributed by atoms with Crippen LogP contribution in [0.3, 0.4) is 0 Å². The summed E-state index contributed by atoms with van der Waals surface area (Å²) < 4.78 is 5.25. The van der Waals surface area contributed by atoms with Gasteiger partial charge in [-0.25, -0.2) is 4.98 Å². The zero-order valence-electron chi connectivity index (χ0n) is 11.1. The van der Waals surface area contributed by atoms with Gasteiger partial charge in [-0.2, -0.15) is 5.26 Å². The molecule has 0 atom stereocenters. The van der Waals surface area contributed by atoms with Crippen LogP contribution in [0.25, 0.3) is 11.1 Å². The lowest BCUT2D eigenvalue weighted by molar-refractivity contribution is 0.399. The lowest BCUT2D eigenvalue weighted by atomic mass is 9.99. The molecule has 0 radical (unpaired) electrons. The predicted molar refractivity (Wildman–Crippen MR) is 90.6 cm³/mol. The van der Waals surface area contributed by atoms with Crippen molar-refractivity contribution in [2.45, 2.75) is 6.42 Å². The first-order chi connectivity index (χ1) is 10.4. The summed E-state index contributed by atoms with van der Waals surface area (Å²) in [5, 5.41) is 9.43. The number of rotatable bonds is 3. The number of benzene rings is 1. The van der Waals surface area contributed by atoms with Crippen LogP contribution in [0.5, 0.6) is 5.88 Å². The van der Waals surface area contributed by atoms with Crippen molar-refractivity contribution in [1.82, 2.24) is 4.98 Å². The zero-order valence-corrected chi connectivity index (χ0v) is 14.8. The third kappa shape index (κ3) is 2.95. The van der Waals surface area contributed by atoms with Gasteiger partial charge in [0.2, 0.25) is 5.88 Å². The fraction of sp³-hybridized carbons (Fsp3) is 0.143. The highest BCUT2D eigenvalue weighted by atomic mass is 35.5. The van der Waals surface area contributed by atoms with Crippen molar-refractivity contribution >= 4 is 58.0 Å². The van der Waals surface area contributed by atoms with Crippen LogP contribution in [0, 0.1) is 11.3 Å². The van der Waals surface area contributed by atoms with Gasteiger partial charge in [-0.05, 0) is 11.6 Å². The molecular weight excluding hydrogens is 389 g/mol. The molecule has 2 aromatic rings. The molecule has 8 heteroatoms.